The molecule has 1 aromatic carbocycles. The van der Waals surface area contributed by atoms with Gasteiger partial charge in [0.2, 0.25) is 0 Å². The normalized spacial score (nSPS) is 24.6. The van der Waals surface area contributed by atoms with E-state index in [0.717, 1.165) is 0 Å². The molecule has 3 nitrogen and oxygen atoms in total. The highest BCUT2D eigenvalue weighted by molar-refractivity contribution is 5.72. The van der Waals surface area contributed by atoms with Crippen LogP contribution in [-0.4, -0.2) is 34.6 Å². The van der Waals surface area contributed by atoms with Crippen molar-refractivity contribution in [2.45, 2.75) is 32.2 Å². The summed E-state index contributed by atoms with van der Waals surface area (Å²) in [7, 11) is 0. The molecule has 1 aliphatic heterocycles. The zero-order valence-corrected chi connectivity index (χ0v) is 11.6. The molecule has 1 aliphatic rings. The van der Waals surface area contributed by atoms with Crippen molar-refractivity contribution in [3.8, 4) is 0 Å². The number of carboxylic acids is 1. The van der Waals surface area contributed by atoms with Gasteiger partial charge in [0, 0.05) is 24.5 Å². The van der Waals surface area contributed by atoms with Crippen LogP contribution < -0.4 is 0 Å². The fourth-order valence-corrected chi connectivity index (χ4v) is 2.69. The Kier molecular flexibility index (Phi) is 3.63. The van der Waals surface area contributed by atoms with Crippen LogP contribution in [0.2, 0.25) is 0 Å². The van der Waals surface area contributed by atoms with E-state index in [4.69, 9.17) is 0 Å². The van der Waals surface area contributed by atoms with Gasteiger partial charge in [0.25, 0.3) is 0 Å². The third-order valence-electron chi connectivity index (χ3n) is 3.89. The molecule has 19 heavy (non-hydrogen) atoms. The molecule has 1 aromatic rings. The number of aliphatic carboxylic acids is 1. The van der Waals surface area contributed by atoms with Crippen LogP contribution in [0.5, 0.6) is 0 Å². The van der Waals surface area contributed by atoms with E-state index in [1.54, 1.807) is 18.2 Å². The van der Waals surface area contributed by atoms with Gasteiger partial charge in [-0.1, -0.05) is 18.2 Å². The van der Waals surface area contributed by atoms with E-state index in [-0.39, 0.29) is 17.3 Å². The standard InChI is InChI=1S/C15H20FNO2/c1-15(2,3)17-8-11(12(9-17)14(18)19)10-6-4-5-7-13(10)16/h4-7,11-12H,8-9H2,1-3H3,(H,18,19)/t11-,12+/m1/s1. The second kappa shape index (κ2) is 4.93. The monoisotopic (exact) mass is 265 g/mol. The Morgan fingerprint density at radius 1 is 1.32 bits per heavy atom. The molecule has 104 valence electrons. The Bertz CT molecular complexity index is 481. The average molecular weight is 265 g/mol. The number of hydrogen-bond acceptors (Lipinski definition) is 2. The number of likely N-dealkylation sites (tertiary alicyclic amines) is 1. The highest BCUT2D eigenvalue weighted by Gasteiger charge is 2.42. The number of hydrogen-bond donors (Lipinski definition) is 1. The summed E-state index contributed by atoms with van der Waals surface area (Å²) in [4.78, 5) is 13.5. The zero-order valence-electron chi connectivity index (χ0n) is 11.6. The molecule has 0 spiro atoms. The predicted molar refractivity (Wildman–Crippen MR) is 71.6 cm³/mol. The minimum atomic E-state index is -0.847. The minimum Gasteiger partial charge on any atom is -0.481 e. The zero-order chi connectivity index (χ0) is 14.2. The molecule has 4 heteroatoms. The molecule has 1 fully saturated rings. The van der Waals surface area contributed by atoms with E-state index in [0.29, 0.717) is 18.7 Å². The number of carboxylic acid groups (broad SMARTS) is 1. The van der Waals surface area contributed by atoms with Crippen LogP contribution in [0.1, 0.15) is 32.3 Å². The SMILES string of the molecule is CC(C)(C)N1C[C@H](C(=O)O)[C@@H](c2ccccc2F)C1. The molecule has 0 unspecified atom stereocenters. The Labute approximate surface area is 113 Å². The number of benzene rings is 1. The molecule has 1 N–H and O–H groups in total. The van der Waals surface area contributed by atoms with Gasteiger partial charge < -0.3 is 5.11 Å². The van der Waals surface area contributed by atoms with E-state index in [9.17, 15) is 14.3 Å². The summed E-state index contributed by atoms with van der Waals surface area (Å²) in [5.74, 6) is -1.98. The molecule has 0 amide bonds. The van der Waals surface area contributed by atoms with Crippen molar-refractivity contribution >= 4 is 5.97 Å². The first-order valence-electron chi connectivity index (χ1n) is 6.53. The maximum absolute atomic E-state index is 13.9. The van der Waals surface area contributed by atoms with Crippen LogP contribution in [0.3, 0.4) is 0 Å². The minimum absolute atomic E-state index is 0.103. The van der Waals surface area contributed by atoms with Gasteiger partial charge in [-0.15, -0.1) is 0 Å². The second-order valence-corrected chi connectivity index (χ2v) is 6.15. The molecule has 0 saturated carbocycles. The molecule has 1 saturated heterocycles. The van der Waals surface area contributed by atoms with Crippen molar-refractivity contribution in [1.82, 2.24) is 4.90 Å². The lowest BCUT2D eigenvalue weighted by Gasteiger charge is -2.31. The van der Waals surface area contributed by atoms with Crippen molar-refractivity contribution in [3.63, 3.8) is 0 Å². The van der Waals surface area contributed by atoms with Gasteiger partial charge in [0.1, 0.15) is 5.82 Å². The van der Waals surface area contributed by atoms with Crippen molar-refractivity contribution in [1.29, 1.82) is 0 Å². The highest BCUT2D eigenvalue weighted by atomic mass is 19.1. The summed E-state index contributed by atoms with van der Waals surface area (Å²) in [6.45, 7) is 7.21. The Morgan fingerprint density at radius 3 is 2.47 bits per heavy atom. The second-order valence-electron chi connectivity index (χ2n) is 6.15. The fourth-order valence-electron chi connectivity index (χ4n) is 2.69. The van der Waals surface area contributed by atoms with Crippen LogP contribution in [0.25, 0.3) is 0 Å². The van der Waals surface area contributed by atoms with Crippen molar-refractivity contribution in [3.05, 3.63) is 35.6 Å². The lowest BCUT2D eigenvalue weighted by molar-refractivity contribution is -0.141. The third-order valence-corrected chi connectivity index (χ3v) is 3.89. The number of rotatable bonds is 2. The lowest BCUT2D eigenvalue weighted by Crippen LogP contribution is -2.40. The quantitative estimate of drug-likeness (QED) is 0.894. The van der Waals surface area contributed by atoms with Crippen molar-refractivity contribution < 1.29 is 14.3 Å². The summed E-state index contributed by atoms with van der Waals surface area (Å²) in [6, 6.07) is 6.48. The molecule has 2 atom stereocenters. The summed E-state index contributed by atoms with van der Waals surface area (Å²) in [5.41, 5.74) is 0.412. The predicted octanol–water partition coefficient (Wildman–Crippen LogP) is 2.72. The Hall–Kier alpha value is -1.42. The van der Waals surface area contributed by atoms with Crippen LogP contribution >= 0.6 is 0 Å². The van der Waals surface area contributed by atoms with Gasteiger partial charge in [-0.25, -0.2) is 4.39 Å². The summed E-state index contributed by atoms with van der Waals surface area (Å²) < 4.78 is 13.9. The van der Waals surface area contributed by atoms with Crippen molar-refractivity contribution in [2.24, 2.45) is 5.92 Å². The topological polar surface area (TPSA) is 40.5 Å². The van der Waals surface area contributed by atoms with Gasteiger partial charge in [-0.05, 0) is 32.4 Å². The highest BCUT2D eigenvalue weighted by Crippen LogP contribution is 2.37. The number of nitrogens with zero attached hydrogens (tertiary/aromatic N) is 1. The molecule has 2 rings (SSSR count). The maximum atomic E-state index is 13.9. The van der Waals surface area contributed by atoms with E-state index in [1.807, 2.05) is 0 Å². The molecule has 0 aliphatic carbocycles. The number of halogens is 1. The van der Waals surface area contributed by atoms with Gasteiger partial charge in [-0.3, -0.25) is 9.69 Å². The van der Waals surface area contributed by atoms with E-state index < -0.39 is 11.9 Å². The lowest BCUT2D eigenvalue weighted by atomic mass is 9.89. The van der Waals surface area contributed by atoms with E-state index in [1.165, 1.54) is 6.07 Å². The first-order valence-corrected chi connectivity index (χ1v) is 6.53. The number of carbonyl (C=O) groups is 1. The van der Waals surface area contributed by atoms with Crippen LogP contribution in [-0.2, 0) is 4.79 Å². The van der Waals surface area contributed by atoms with Crippen molar-refractivity contribution in [2.75, 3.05) is 13.1 Å². The molecular weight excluding hydrogens is 245 g/mol. The molecule has 1 heterocycles. The molecule has 0 aromatic heterocycles. The third kappa shape index (κ3) is 2.78. The molecule has 0 radical (unpaired) electrons. The van der Waals surface area contributed by atoms with Crippen LogP contribution in [0, 0.1) is 11.7 Å². The van der Waals surface area contributed by atoms with Crippen LogP contribution in [0.15, 0.2) is 24.3 Å². The van der Waals surface area contributed by atoms with E-state index >= 15 is 0 Å². The first kappa shape index (κ1) is 14.0. The molecular formula is C15H20FNO2. The maximum Gasteiger partial charge on any atom is 0.308 e. The Balaban J connectivity index is 2.33. The smallest absolute Gasteiger partial charge is 0.308 e. The first-order chi connectivity index (χ1) is 8.80. The fraction of sp³-hybridized carbons (Fsp3) is 0.533. The summed E-state index contributed by atoms with van der Waals surface area (Å²) in [5, 5.41) is 9.37. The largest absolute Gasteiger partial charge is 0.481 e. The summed E-state index contributed by atoms with van der Waals surface area (Å²) in [6.07, 6.45) is 0. The van der Waals surface area contributed by atoms with Gasteiger partial charge in [-0.2, -0.15) is 0 Å². The van der Waals surface area contributed by atoms with E-state index in [2.05, 4.69) is 25.7 Å². The average Bonchev–Trinajstić information content (AvgIpc) is 2.74. The molecule has 0 bridgehead atoms. The van der Waals surface area contributed by atoms with Gasteiger partial charge >= 0.3 is 5.97 Å². The van der Waals surface area contributed by atoms with Gasteiger partial charge in [0.05, 0.1) is 5.92 Å². The van der Waals surface area contributed by atoms with Gasteiger partial charge in [0.15, 0.2) is 0 Å². The summed E-state index contributed by atoms with van der Waals surface area (Å²) >= 11 is 0. The van der Waals surface area contributed by atoms with Crippen LogP contribution in [0.4, 0.5) is 4.39 Å². The Morgan fingerprint density at radius 2 is 1.95 bits per heavy atom.